The summed E-state index contributed by atoms with van der Waals surface area (Å²) in [5.41, 5.74) is 2.15. The quantitative estimate of drug-likeness (QED) is 0.689. The number of thiophene rings is 1. The zero-order valence-electron chi connectivity index (χ0n) is 17.9. The van der Waals surface area contributed by atoms with Crippen LogP contribution in [0.15, 0.2) is 12.3 Å². The zero-order valence-corrected chi connectivity index (χ0v) is 19.6. The Bertz CT molecular complexity index is 986. The molecular weight excluding hydrogens is 422 g/mol. The largest absolute Gasteiger partial charge is 0.370 e. The minimum Gasteiger partial charge on any atom is -0.370 e. The number of nitrogens with zero attached hydrogens (tertiary/aromatic N) is 4. The van der Waals surface area contributed by atoms with Crippen LogP contribution in [0.3, 0.4) is 0 Å². The third kappa shape index (κ3) is 4.47. The van der Waals surface area contributed by atoms with Crippen molar-refractivity contribution in [2.75, 3.05) is 26.0 Å². The summed E-state index contributed by atoms with van der Waals surface area (Å²) in [7, 11) is -1.83. The van der Waals surface area contributed by atoms with E-state index in [0.29, 0.717) is 19.1 Å². The van der Waals surface area contributed by atoms with Crippen LogP contribution in [0.1, 0.15) is 47.7 Å². The normalized spacial score (nSPS) is 25.0. The Labute approximate surface area is 182 Å². The first kappa shape index (κ1) is 21.9. The summed E-state index contributed by atoms with van der Waals surface area (Å²) in [4.78, 5) is 5.39. The Kier molecular flexibility index (Phi) is 6.32. The molecular formula is C20H31N5O3S2. The first-order valence-corrected chi connectivity index (χ1v) is 13.1. The number of hydrogen-bond acceptors (Lipinski definition) is 7. The molecule has 8 nitrogen and oxygen atoms in total. The Hall–Kier alpha value is -1.33. The number of piperidine rings is 1. The molecule has 2 aliphatic heterocycles. The number of ether oxygens (including phenoxy) is 1. The second-order valence-electron chi connectivity index (χ2n) is 8.27. The van der Waals surface area contributed by atoms with Crippen LogP contribution in [0.5, 0.6) is 0 Å². The lowest BCUT2D eigenvalue weighted by molar-refractivity contribution is -0.112. The van der Waals surface area contributed by atoms with E-state index in [1.165, 1.54) is 22.4 Å². The minimum atomic E-state index is -3.25. The molecule has 0 amide bonds. The first-order chi connectivity index (χ1) is 14.3. The lowest BCUT2D eigenvalue weighted by Gasteiger charge is -2.47. The van der Waals surface area contributed by atoms with Crippen molar-refractivity contribution in [3.63, 3.8) is 0 Å². The molecule has 4 heterocycles. The molecule has 166 valence electrons. The summed E-state index contributed by atoms with van der Waals surface area (Å²) in [6.45, 7) is 7.25. The number of fused-ring (bicyclic) bond motifs is 2. The SMILES string of the molecule is CCc1cc2c(s1)CCO[C@@]21CCN(Cc2cn(CCS(=O)(=O)NC)nn2)[C@@H](C)C1. The van der Waals surface area contributed by atoms with Crippen molar-refractivity contribution in [3.8, 4) is 0 Å². The van der Waals surface area contributed by atoms with E-state index in [-0.39, 0.29) is 11.4 Å². The number of aromatic nitrogens is 3. The number of nitrogens with one attached hydrogen (secondary N) is 1. The molecule has 30 heavy (non-hydrogen) atoms. The smallest absolute Gasteiger partial charge is 0.213 e. The average molecular weight is 454 g/mol. The molecule has 4 rings (SSSR count). The summed E-state index contributed by atoms with van der Waals surface area (Å²) >= 11 is 1.96. The molecule has 1 saturated heterocycles. The monoisotopic (exact) mass is 453 g/mol. The van der Waals surface area contributed by atoms with Crippen LogP contribution < -0.4 is 4.72 Å². The van der Waals surface area contributed by atoms with E-state index in [1.807, 2.05) is 17.5 Å². The van der Waals surface area contributed by atoms with Gasteiger partial charge in [0.15, 0.2) is 0 Å². The molecule has 10 heteroatoms. The maximum atomic E-state index is 11.6. The van der Waals surface area contributed by atoms with Gasteiger partial charge in [0.05, 0.1) is 30.2 Å². The van der Waals surface area contributed by atoms with Crippen LogP contribution in [0, 0.1) is 0 Å². The summed E-state index contributed by atoms with van der Waals surface area (Å²) in [5, 5.41) is 8.35. The van der Waals surface area contributed by atoms with E-state index in [1.54, 1.807) is 4.68 Å². The third-order valence-corrected chi connectivity index (χ3v) is 8.99. The van der Waals surface area contributed by atoms with Gasteiger partial charge >= 0.3 is 0 Å². The van der Waals surface area contributed by atoms with E-state index >= 15 is 0 Å². The van der Waals surface area contributed by atoms with Gasteiger partial charge in [-0.1, -0.05) is 12.1 Å². The van der Waals surface area contributed by atoms with Crippen LogP contribution in [-0.2, 0) is 46.3 Å². The van der Waals surface area contributed by atoms with E-state index in [2.05, 4.69) is 39.8 Å². The van der Waals surface area contributed by atoms with Gasteiger partial charge in [0.2, 0.25) is 10.0 Å². The van der Waals surface area contributed by atoms with Gasteiger partial charge < -0.3 is 4.74 Å². The molecule has 1 spiro atoms. The fourth-order valence-electron chi connectivity index (χ4n) is 4.55. The fraction of sp³-hybridized carbons (Fsp3) is 0.700. The van der Waals surface area contributed by atoms with Crippen LogP contribution in [0.2, 0.25) is 0 Å². The fourth-order valence-corrected chi connectivity index (χ4v) is 6.36. The van der Waals surface area contributed by atoms with Gasteiger partial charge in [0.1, 0.15) is 0 Å². The summed E-state index contributed by atoms with van der Waals surface area (Å²) in [6.07, 6.45) is 5.93. The highest BCUT2D eigenvalue weighted by Crippen LogP contribution is 2.46. The van der Waals surface area contributed by atoms with Crippen LogP contribution in [-0.4, -0.2) is 60.3 Å². The summed E-state index contributed by atoms with van der Waals surface area (Å²) < 4.78 is 33.6. The van der Waals surface area contributed by atoms with Crippen LogP contribution in [0.25, 0.3) is 0 Å². The highest BCUT2D eigenvalue weighted by Gasteiger charge is 2.44. The van der Waals surface area contributed by atoms with Gasteiger partial charge in [0.25, 0.3) is 0 Å². The maximum absolute atomic E-state index is 11.6. The van der Waals surface area contributed by atoms with Crippen molar-refractivity contribution in [1.82, 2.24) is 24.6 Å². The van der Waals surface area contributed by atoms with Crippen molar-refractivity contribution in [1.29, 1.82) is 0 Å². The second-order valence-corrected chi connectivity index (χ2v) is 11.5. The van der Waals surface area contributed by atoms with Gasteiger partial charge in [-0.25, -0.2) is 13.1 Å². The molecule has 0 aromatic carbocycles. The van der Waals surface area contributed by atoms with Gasteiger partial charge in [-0.05, 0) is 44.9 Å². The molecule has 0 aliphatic carbocycles. The maximum Gasteiger partial charge on any atom is 0.213 e. The van der Waals surface area contributed by atoms with Crippen molar-refractivity contribution in [2.45, 2.75) is 64.3 Å². The highest BCUT2D eigenvalue weighted by atomic mass is 32.2. The van der Waals surface area contributed by atoms with Crippen molar-refractivity contribution in [2.24, 2.45) is 0 Å². The van der Waals surface area contributed by atoms with E-state index in [9.17, 15) is 8.42 Å². The number of hydrogen-bond donors (Lipinski definition) is 1. The molecule has 2 atom stereocenters. The third-order valence-electron chi connectivity index (χ3n) is 6.31. The Morgan fingerprint density at radius 2 is 2.27 bits per heavy atom. The molecule has 0 radical (unpaired) electrons. The van der Waals surface area contributed by atoms with Crippen molar-refractivity contribution in [3.05, 3.63) is 33.3 Å². The van der Waals surface area contributed by atoms with E-state index in [4.69, 9.17) is 4.74 Å². The molecule has 0 saturated carbocycles. The minimum absolute atomic E-state index is 0.00496. The lowest BCUT2D eigenvalue weighted by atomic mass is 9.79. The molecule has 0 unspecified atom stereocenters. The van der Waals surface area contributed by atoms with Crippen molar-refractivity contribution < 1.29 is 13.2 Å². The highest BCUT2D eigenvalue weighted by molar-refractivity contribution is 7.89. The zero-order chi connectivity index (χ0) is 21.4. The second kappa shape index (κ2) is 8.66. The number of likely N-dealkylation sites (tertiary alicyclic amines) is 1. The number of aryl methyl sites for hydroxylation is 2. The first-order valence-electron chi connectivity index (χ1n) is 10.6. The molecule has 0 bridgehead atoms. The Morgan fingerprint density at radius 1 is 1.43 bits per heavy atom. The standard InChI is InChI=1S/C20H31N5O3S2/c1-4-17-11-18-19(29-17)5-9-28-20(18)6-7-24(15(2)12-20)13-16-14-25(23-22-16)8-10-30(26,27)21-3/h11,14-15,21H,4-10,12-13H2,1-3H3/t15-,20+/m0/s1. The molecule has 1 N–H and O–H groups in total. The summed E-state index contributed by atoms with van der Waals surface area (Å²) in [5.74, 6) is -0.00496. The topological polar surface area (TPSA) is 89.4 Å². The summed E-state index contributed by atoms with van der Waals surface area (Å²) in [6, 6.07) is 2.75. The van der Waals surface area contributed by atoms with Crippen LogP contribution >= 0.6 is 11.3 Å². The van der Waals surface area contributed by atoms with Gasteiger partial charge in [-0.3, -0.25) is 9.58 Å². The van der Waals surface area contributed by atoms with E-state index in [0.717, 1.165) is 44.5 Å². The van der Waals surface area contributed by atoms with Gasteiger partial charge in [-0.2, -0.15) is 0 Å². The van der Waals surface area contributed by atoms with Crippen molar-refractivity contribution >= 4 is 21.4 Å². The van der Waals surface area contributed by atoms with E-state index < -0.39 is 10.0 Å². The lowest BCUT2D eigenvalue weighted by Crippen LogP contribution is -2.50. The van der Waals surface area contributed by atoms with Gasteiger partial charge in [0, 0.05) is 41.5 Å². The Morgan fingerprint density at radius 3 is 3.00 bits per heavy atom. The molecule has 2 aliphatic rings. The Balaban J connectivity index is 1.40. The predicted molar refractivity (Wildman–Crippen MR) is 117 cm³/mol. The predicted octanol–water partition coefficient (Wildman–Crippen LogP) is 1.90. The molecule has 1 fully saturated rings. The number of rotatable bonds is 7. The molecule has 2 aromatic heterocycles. The average Bonchev–Trinajstić information content (AvgIpc) is 3.36. The van der Waals surface area contributed by atoms with Gasteiger partial charge in [-0.15, -0.1) is 16.4 Å². The van der Waals surface area contributed by atoms with Crippen LogP contribution in [0.4, 0.5) is 0 Å². The molecule has 2 aromatic rings. The number of sulfonamides is 1.